The van der Waals surface area contributed by atoms with Crippen molar-refractivity contribution >= 4 is 17.5 Å². The zero-order chi connectivity index (χ0) is 13.1. The van der Waals surface area contributed by atoms with E-state index in [1.165, 1.54) is 0 Å². The number of halogens is 1. The Morgan fingerprint density at radius 3 is 2.44 bits per heavy atom. The molecule has 1 aromatic heterocycles. The summed E-state index contributed by atoms with van der Waals surface area (Å²) in [5.41, 5.74) is 5.22. The summed E-state index contributed by atoms with van der Waals surface area (Å²) < 4.78 is 13.5. The van der Waals surface area contributed by atoms with Gasteiger partial charge in [0.2, 0.25) is 5.95 Å². The average Bonchev–Trinajstić information content (AvgIpc) is 2.30. The van der Waals surface area contributed by atoms with Gasteiger partial charge < -0.3 is 5.32 Å². The molecule has 0 saturated heterocycles. The average molecular weight is 247 g/mol. The number of nitrogens with two attached hydrogens (primary N) is 1. The number of anilines is 3. The molecule has 0 aliphatic rings. The van der Waals surface area contributed by atoms with Gasteiger partial charge >= 0.3 is 0 Å². The van der Waals surface area contributed by atoms with Crippen molar-refractivity contribution in [1.82, 2.24) is 9.97 Å². The van der Waals surface area contributed by atoms with Gasteiger partial charge in [-0.3, -0.25) is 5.43 Å². The molecular weight excluding hydrogens is 233 g/mol. The first kappa shape index (κ1) is 12.3. The van der Waals surface area contributed by atoms with Gasteiger partial charge in [0.25, 0.3) is 0 Å². The number of hydrogen-bond acceptors (Lipinski definition) is 5. The molecule has 0 amide bonds. The molecule has 2 aromatic rings. The number of hydrazine groups is 1. The van der Waals surface area contributed by atoms with Gasteiger partial charge in [0, 0.05) is 5.69 Å². The molecule has 4 N–H and O–H groups in total. The van der Waals surface area contributed by atoms with Gasteiger partial charge in [-0.25, -0.2) is 15.2 Å². The highest BCUT2D eigenvalue weighted by molar-refractivity contribution is 5.59. The van der Waals surface area contributed by atoms with Crippen LogP contribution in [0.25, 0.3) is 0 Å². The first-order valence-electron chi connectivity index (χ1n) is 5.43. The van der Waals surface area contributed by atoms with Crippen molar-refractivity contribution in [3.05, 3.63) is 41.3 Å². The minimum absolute atomic E-state index is 0.0861. The summed E-state index contributed by atoms with van der Waals surface area (Å²) in [5, 5.41) is 2.91. The van der Waals surface area contributed by atoms with E-state index in [0.717, 1.165) is 23.0 Å². The van der Waals surface area contributed by atoms with E-state index in [2.05, 4.69) is 20.7 Å². The molecule has 0 saturated carbocycles. The Balaban J connectivity index is 2.33. The number of nitrogens with zero attached hydrogens (tertiary/aromatic N) is 2. The fourth-order valence-electron chi connectivity index (χ4n) is 1.71. The Labute approximate surface area is 104 Å². The summed E-state index contributed by atoms with van der Waals surface area (Å²) in [5.74, 6) is 4.89. The second-order valence-corrected chi connectivity index (χ2v) is 4.04. The number of aromatic nitrogens is 2. The Morgan fingerprint density at radius 1 is 1.17 bits per heavy atom. The molecule has 94 valence electrons. The highest BCUT2D eigenvalue weighted by Gasteiger charge is 2.07. The molecule has 1 aromatic carbocycles. The summed E-state index contributed by atoms with van der Waals surface area (Å²) in [4.78, 5) is 7.58. The number of aryl methyl sites for hydroxylation is 2. The second kappa shape index (κ2) is 4.97. The zero-order valence-electron chi connectivity index (χ0n) is 10.2. The van der Waals surface area contributed by atoms with Crippen molar-refractivity contribution in [2.75, 3.05) is 10.7 Å². The Kier molecular flexibility index (Phi) is 3.38. The maximum absolute atomic E-state index is 13.5. The van der Waals surface area contributed by atoms with E-state index in [0.29, 0.717) is 0 Å². The molecule has 0 spiro atoms. The highest BCUT2D eigenvalue weighted by atomic mass is 19.1. The lowest BCUT2D eigenvalue weighted by Crippen LogP contribution is -2.12. The largest absolute Gasteiger partial charge is 0.338 e. The van der Waals surface area contributed by atoms with Crippen LogP contribution in [-0.4, -0.2) is 9.97 Å². The minimum Gasteiger partial charge on any atom is -0.338 e. The molecule has 2 rings (SSSR count). The summed E-state index contributed by atoms with van der Waals surface area (Å²) in [6, 6.07) is 5.85. The normalized spacial score (nSPS) is 10.2. The molecule has 5 nitrogen and oxygen atoms in total. The van der Waals surface area contributed by atoms with E-state index in [1.54, 1.807) is 0 Å². The van der Waals surface area contributed by atoms with Crippen molar-refractivity contribution in [1.29, 1.82) is 0 Å². The molecule has 0 atom stereocenters. The molecule has 0 fully saturated rings. The van der Waals surface area contributed by atoms with Crippen LogP contribution in [0.5, 0.6) is 0 Å². The van der Waals surface area contributed by atoms with Crippen LogP contribution in [0.3, 0.4) is 0 Å². The van der Waals surface area contributed by atoms with Crippen LogP contribution in [0.4, 0.5) is 21.8 Å². The second-order valence-electron chi connectivity index (χ2n) is 4.04. The van der Waals surface area contributed by atoms with Gasteiger partial charge in [0.15, 0.2) is 11.6 Å². The summed E-state index contributed by atoms with van der Waals surface area (Å²) in [7, 11) is 0. The smallest absolute Gasteiger partial charge is 0.239 e. The predicted molar refractivity (Wildman–Crippen MR) is 69.0 cm³/mol. The molecular formula is C12H14FN5. The van der Waals surface area contributed by atoms with E-state index < -0.39 is 5.82 Å². The van der Waals surface area contributed by atoms with E-state index in [-0.39, 0.29) is 11.8 Å². The standard InChI is InChI=1S/C12H14FN5/c1-7-3-8(2)5-9(4-7)16-11-10(13)6-15-12(17-11)18-14/h3-6H,14H2,1-2H3,(H2,15,16,17,18). The predicted octanol–water partition coefficient (Wildman–Crippen LogP) is 2.26. The number of benzene rings is 1. The van der Waals surface area contributed by atoms with Crippen LogP contribution in [0, 0.1) is 19.7 Å². The monoisotopic (exact) mass is 247 g/mol. The first-order chi connectivity index (χ1) is 8.58. The number of hydrogen-bond donors (Lipinski definition) is 3. The number of nitrogens with one attached hydrogen (secondary N) is 2. The van der Waals surface area contributed by atoms with E-state index in [1.807, 2.05) is 32.0 Å². The van der Waals surface area contributed by atoms with Crippen molar-refractivity contribution in [3.63, 3.8) is 0 Å². The SMILES string of the molecule is Cc1cc(C)cc(Nc2nc(NN)ncc2F)c1. The topological polar surface area (TPSA) is 75.9 Å². The van der Waals surface area contributed by atoms with Crippen LogP contribution >= 0.6 is 0 Å². The molecule has 18 heavy (non-hydrogen) atoms. The van der Waals surface area contributed by atoms with E-state index >= 15 is 0 Å². The molecule has 0 aliphatic heterocycles. The van der Waals surface area contributed by atoms with Crippen LogP contribution in [-0.2, 0) is 0 Å². The molecule has 6 heteroatoms. The Hall–Kier alpha value is -2.21. The third-order valence-electron chi connectivity index (χ3n) is 2.36. The number of nitrogen functional groups attached to an aromatic ring is 1. The van der Waals surface area contributed by atoms with Crippen LogP contribution < -0.4 is 16.6 Å². The number of rotatable bonds is 3. The minimum atomic E-state index is -0.534. The van der Waals surface area contributed by atoms with Crippen LogP contribution in [0.1, 0.15) is 11.1 Å². The van der Waals surface area contributed by atoms with Gasteiger partial charge in [0.1, 0.15) is 0 Å². The highest BCUT2D eigenvalue weighted by Crippen LogP contribution is 2.20. The summed E-state index contributed by atoms with van der Waals surface area (Å²) >= 11 is 0. The Bertz CT molecular complexity index is 550. The third kappa shape index (κ3) is 2.72. The fourth-order valence-corrected chi connectivity index (χ4v) is 1.71. The molecule has 0 radical (unpaired) electrons. The lowest BCUT2D eigenvalue weighted by molar-refractivity contribution is 0.619. The van der Waals surface area contributed by atoms with Gasteiger partial charge in [-0.15, -0.1) is 0 Å². The molecule has 0 unspecified atom stereocenters. The lowest BCUT2D eigenvalue weighted by Gasteiger charge is -2.09. The van der Waals surface area contributed by atoms with Crippen molar-refractivity contribution in [3.8, 4) is 0 Å². The van der Waals surface area contributed by atoms with Crippen molar-refractivity contribution in [2.24, 2.45) is 5.84 Å². The van der Waals surface area contributed by atoms with E-state index in [4.69, 9.17) is 5.84 Å². The van der Waals surface area contributed by atoms with Crippen molar-refractivity contribution < 1.29 is 4.39 Å². The Morgan fingerprint density at radius 2 is 1.83 bits per heavy atom. The first-order valence-corrected chi connectivity index (χ1v) is 5.43. The zero-order valence-corrected chi connectivity index (χ0v) is 10.2. The van der Waals surface area contributed by atoms with Crippen molar-refractivity contribution in [2.45, 2.75) is 13.8 Å². The van der Waals surface area contributed by atoms with Gasteiger partial charge in [-0.05, 0) is 37.1 Å². The summed E-state index contributed by atoms with van der Waals surface area (Å²) in [6.45, 7) is 3.95. The molecule has 1 heterocycles. The fraction of sp³-hybridized carbons (Fsp3) is 0.167. The van der Waals surface area contributed by atoms with E-state index in [9.17, 15) is 4.39 Å². The van der Waals surface area contributed by atoms with Crippen LogP contribution in [0.2, 0.25) is 0 Å². The van der Waals surface area contributed by atoms with Gasteiger partial charge in [-0.1, -0.05) is 6.07 Å². The summed E-state index contributed by atoms with van der Waals surface area (Å²) in [6.07, 6.45) is 1.06. The molecule has 0 aliphatic carbocycles. The molecule has 0 bridgehead atoms. The van der Waals surface area contributed by atoms with Crippen LogP contribution in [0.15, 0.2) is 24.4 Å². The maximum Gasteiger partial charge on any atom is 0.239 e. The lowest BCUT2D eigenvalue weighted by atomic mass is 10.1. The maximum atomic E-state index is 13.5. The van der Waals surface area contributed by atoms with Gasteiger partial charge in [0.05, 0.1) is 6.20 Å². The quantitative estimate of drug-likeness (QED) is 0.573. The van der Waals surface area contributed by atoms with Gasteiger partial charge in [-0.2, -0.15) is 4.98 Å². The third-order valence-corrected chi connectivity index (χ3v) is 2.36.